The molecular formula is C11H19NO6. The Labute approximate surface area is 106 Å². The van der Waals surface area contributed by atoms with Gasteiger partial charge in [-0.1, -0.05) is 0 Å². The van der Waals surface area contributed by atoms with Crippen LogP contribution in [0, 0.1) is 0 Å². The van der Waals surface area contributed by atoms with E-state index < -0.39 is 18.0 Å². The van der Waals surface area contributed by atoms with Gasteiger partial charge < -0.3 is 19.3 Å². The molecule has 1 aliphatic heterocycles. The first kappa shape index (κ1) is 14.9. The molecule has 1 unspecified atom stereocenters. The van der Waals surface area contributed by atoms with E-state index in [0.29, 0.717) is 32.9 Å². The third-order valence-electron chi connectivity index (χ3n) is 2.66. The van der Waals surface area contributed by atoms with Gasteiger partial charge in [-0.2, -0.15) is 0 Å². The number of carboxylic acids is 1. The third kappa shape index (κ3) is 4.99. The van der Waals surface area contributed by atoms with Crippen molar-refractivity contribution in [3.63, 3.8) is 0 Å². The highest BCUT2D eigenvalue weighted by Crippen LogP contribution is 2.10. The number of carbonyl (C=O) groups is 2. The zero-order chi connectivity index (χ0) is 13.4. The molecule has 1 heterocycles. The average molecular weight is 261 g/mol. The second-order valence-corrected chi connectivity index (χ2v) is 3.92. The van der Waals surface area contributed by atoms with Crippen molar-refractivity contribution in [2.24, 2.45) is 0 Å². The van der Waals surface area contributed by atoms with Crippen molar-refractivity contribution in [2.45, 2.75) is 12.5 Å². The molecular weight excluding hydrogens is 242 g/mol. The van der Waals surface area contributed by atoms with Gasteiger partial charge in [0.25, 0.3) is 0 Å². The van der Waals surface area contributed by atoms with Crippen molar-refractivity contribution < 1.29 is 28.9 Å². The van der Waals surface area contributed by atoms with Crippen molar-refractivity contribution in [2.75, 3.05) is 46.6 Å². The molecule has 0 aromatic heterocycles. The number of ether oxygens (including phenoxy) is 3. The summed E-state index contributed by atoms with van der Waals surface area (Å²) in [6.07, 6.45) is -0.258. The summed E-state index contributed by atoms with van der Waals surface area (Å²) in [5.41, 5.74) is 0. The highest BCUT2D eigenvalue weighted by Gasteiger charge is 2.30. The molecule has 0 aromatic carbocycles. The lowest BCUT2D eigenvalue weighted by molar-refractivity contribution is -0.157. The van der Waals surface area contributed by atoms with Crippen LogP contribution in [0.2, 0.25) is 0 Å². The molecule has 0 spiro atoms. The first-order valence-electron chi connectivity index (χ1n) is 5.84. The molecule has 0 radical (unpaired) electrons. The number of hydrogen-bond acceptors (Lipinski definition) is 6. The Morgan fingerprint density at radius 2 is 2.00 bits per heavy atom. The summed E-state index contributed by atoms with van der Waals surface area (Å²) >= 11 is 0. The van der Waals surface area contributed by atoms with Crippen LogP contribution in [-0.4, -0.2) is 74.6 Å². The minimum Gasteiger partial charge on any atom is -0.481 e. The largest absolute Gasteiger partial charge is 0.481 e. The maximum Gasteiger partial charge on any atom is 0.324 e. The van der Waals surface area contributed by atoms with E-state index in [2.05, 4.69) is 0 Å². The SMILES string of the molecule is COCCOC(=O)C(CC(=O)O)N1CCOCC1. The van der Waals surface area contributed by atoms with Gasteiger partial charge in [0.2, 0.25) is 0 Å². The number of nitrogens with zero attached hydrogens (tertiary/aromatic N) is 1. The maximum atomic E-state index is 11.8. The Morgan fingerprint density at radius 3 is 2.56 bits per heavy atom. The summed E-state index contributed by atoms with van der Waals surface area (Å²) in [6, 6.07) is -0.747. The van der Waals surface area contributed by atoms with Crippen LogP contribution >= 0.6 is 0 Å². The fourth-order valence-electron chi connectivity index (χ4n) is 1.74. The molecule has 0 aromatic rings. The van der Waals surface area contributed by atoms with E-state index in [0.717, 1.165) is 0 Å². The summed E-state index contributed by atoms with van der Waals surface area (Å²) in [5.74, 6) is -1.54. The van der Waals surface area contributed by atoms with Gasteiger partial charge in [0, 0.05) is 20.2 Å². The smallest absolute Gasteiger partial charge is 0.324 e. The number of aliphatic carboxylic acids is 1. The summed E-state index contributed by atoms with van der Waals surface area (Å²) in [7, 11) is 1.50. The van der Waals surface area contributed by atoms with Gasteiger partial charge in [-0.25, -0.2) is 0 Å². The van der Waals surface area contributed by atoms with Gasteiger partial charge in [-0.05, 0) is 0 Å². The molecule has 18 heavy (non-hydrogen) atoms. The van der Waals surface area contributed by atoms with Crippen molar-refractivity contribution in [3.05, 3.63) is 0 Å². The van der Waals surface area contributed by atoms with E-state index in [1.807, 2.05) is 0 Å². The summed E-state index contributed by atoms with van der Waals surface area (Å²) in [4.78, 5) is 24.4. The van der Waals surface area contributed by atoms with Crippen molar-refractivity contribution >= 4 is 11.9 Å². The van der Waals surface area contributed by atoms with Crippen molar-refractivity contribution in [1.29, 1.82) is 0 Å². The molecule has 1 rings (SSSR count). The van der Waals surface area contributed by atoms with E-state index in [1.54, 1.807) is 4.90 Å². The summed E-state index contributed by atoms with van der Waals surface area (Å²) < 4.78 is 14.9. The second kappa shape index (κ2) is 8.02. The molecule has 1 fully saturated rings. The van der Waals surface area contributed by atoms with Gasteiger partial charge in [0.1, 0.15) is 12.6 Å². The normalized spacial score (nSPS) is 18.3. The molecule has 1 N–H and O–H groups in total. The number of carboxylic acid groups (broad SMARTS) is 1. The second-order valence-electron chi connectivity index (χ2n) is 3.92. The lowest BCUT2D eigenvalue weighted by atomic mass is 10.1. The number of methoxy groups -OCH3 is 1. The molecule has 104 valence electrons. The highest BCUT2D eigenvalue weighted by molar-refractivity contribution is 5.82. The highest BCUT2D eigenvalue weighted by atomic mass is 16.6. The Bertz CT molecular complexity index is 277. The summed E-state index contributed by atoms with van der Waals surface area (Å²) in [6.45, 7) is 2.52. The molecule has 7 nitrogen and oxygen atoms in total. The van der Waals surface area contributed by atoms with Crippen LogP contribution in [0.5, 0.6) is 0 Å². The Kier molecular flexibility index (Phi) is 6.63. The van der Waals surface area contributed by atoms with Crippen molar-refractivity contribution in [3.8, 4) is 0 Å². The van der Waals surface area contributed by atoms with Crippen LogP contribution in [0.4, 0.5) is 0 Å². The zero-order valence-corrected chi connectivity index (χ0v) is 10.5. The Balaban J connectivity index is 2.52. The van der Waals surface area contributed by atoms with Gasteiger partial charge in [0.15, 0.2) is 0 Å². The van der Waals surface area contributed by atoms with E-state index >= 15 is 0 Å². The van der Waals surface area contributed by atoms with Gasteiger partial charge >= 0.3 is 11.9 Å². The molecule has 1 saturated heterocycles. The number of rotatable bonds is 7. The minimum atomic E-state index is -1.02. The molecule has 0 aliphatic carbocycles. The quantitative estimate of drug-likeness (QED) is 0.481. The lowest BCUT2D eigenvalue weighted by Crippen LogP contribution is -2.49. The monoisotopic (exact) mass is 261 g/mol. The Hall–Kier alpha value is -1.18. The average Bonchev–Trinajstić information content (AvgIpc) is 2.37. The van der Waals surface area contributed by atoms with Crippen LogP contribution in [-0.2, 0) is 23.8 Å². The number of esters is 1. The number of carbonyl (C=O) groups excluding carboxylic acids is 1. The molecule has 0 amide bonds. The maximum absolute atomic E-state index is 11.8. The molecule has 0 saturated carbocycles. The fraction of sp³-hybridized carbons (Fsp3) is 0.818. The van der Waals surface area contributed by atoms with Crippen LogP contribution in [0.1, 0.15) is 6.42 Å². The van der Waals surface area contributed by atoms with Crippen LogP contribution in [0.25, 0.3) is 0 Å². The fourth-order valence-corrected chi connectivity index (χ4v) is 1.74. The van der Waals surface area contributed by atoms with Gasteiger partial charge in [-0.15, -0.1) is 0 Å². The predicted molar refractivity (Wildman–Crippen MR) is 61.3 cm³/mol. The minimum absolute atomic E-state index is 0.135. The standard InChI is InChI=1S/C11H19NO6/c1-16-6-7-18-11(15)9(8-10(13)14)12-2-4-17-5-3-12/h9H,2-8H2,1H3,(H,13,14). The molecule has 1 aliphatic rings. The zero-order valence-electron chi connectivity index (χ0n) is 10.5. The first-order chi connectivity index (χ1) is 8.65. The van der Waals surface area contributed by atoms with Crippen LogP contribution < -0.4 is 0 Å². The number of hydrogen-bond donors (Lipinski definition) is 1. The van der Waals surface area contributed by atoms with Gasteiger partial charge in [-0.3, -0.25) is 14.5 Å². The van der Waals surface area contributed by atoms with Crippen LogP contribution in [0.15, 0.2) is 0 Å². The van der Waals surface area contributed by atoms with Crippen LogP contribution in [0.3, 0.4) is 0 Å². The number of morpholine rings is 1. The topological polar surface area (TPSA) is 85.3 Å². The Morgan fingerprint density at radius 1 is 1.33 bits per heavy atom. The molecule has 0 bridgehead atoms. The predicted octanol–water partition coefficient (Wildman–Crippen LogP) is -0.648. The van der Waals surface area contributed by atoms with E-state index in [1.165, 1.54) is 7.11 Å². The molecule has 1 atom stereocenters. The summed E-state index contributed by atoms with van der Waals surface area (Å²) in [5, 5.41) is 8.84. The van der Waals surface area contributed by atoms with E-state index in [4.69, 9.17) is 19.3 Å². The third-order valence-corrected chi connectivity index (χ3v) is 2.66. The lowest BCUT2D eigenvalue weighted by Gasteiger charge is -2.32. The molecule has 7 heteroatoms. The van der Waals surface area contributed by atoms with Crippen molar-refractivity contribution in [1.82, 2.24) is 4.90 Å². The van der Waals surface area contributed by atoms with Gasteiger partial charge in [0.05, 0.1) is 26.2 Å². The van der Waals surface area contributed by atoms with E-state index in [-0.39, 0.29) is 13.0 Å². The van der Waals surface area contributed by atoms with E-state index in [9.17, 15) is 9.59 Å². The first-order valence-corrected chi connectivity index (χ1v) is 5.84.